The Morgan fingerprint density at radius 2 is 2.04 bits per heavy atom. The number of carbonyl (C=O) groups excluding carboxylic acids is 2. The number of fused-ring (bicyclic) bond motifs is 1. The summed E-state index contributed by atoms with van der Waals surface area (Å²) in [4.78, 5) is 26.7. The molecular weight excluding hydrogens is 334 g/mol. The Kier molecular flexibility index (Phi) is 3.90. The van der Waals surface area contributed by atoms with E-state index in [-0.39, 0.29) is 23.9 Å². The van der Waals surface area contributed by atoms with Crippen molar-refractivity contribution >= 4 is 17.3 Å². The minimum absolute atomic E-state index is 0.0573. The molecule has 2 atom stereocenters. The van der Waals surface area contributed by atoms with E-state index in [0.29, 0.717) is 23.9 Å². The highest BCUT2D eigenvalue weighted by molar-refractivity contribution is 6.00. The van der Waals surface area contributed by atoms with Crippen molar-refractivity contribution in [3.05, 3.63) is 48.0 Å². The van der Waals surface area contributed by atoms with Crippen molar-refractivity contribution in [2.75, 3.05) is 7.05 Å². The Morgan fingerprint density at radius 3 is 2.81 bits per heavy atom. The molecule has 0 radical (unpaired) electrons. The zero-order valence-electron chi connectivity index (χ0n) is 14.5. The van der Waals surface area contributed by atoms with Crippen LogP contribution in [0.25, 0.3) is 5.52 Å². The molecule has 0 saturated carbocycles. The Labute approximate surface area is 149 Å². The molecule has 9 heteroatoms. The molecule has 1 aliphatic heterocycles. The van der Waals surface area contributed by atoms with Gasteiger partial charge in [-0.2, -0.15) is 19.9 Å². The van der Waals surface area contributed by atoms with Crippen LogP contribution in [0.15, 0.2) is 36.8 Å². The maximum absolute atomic E-state index is 12.9. The molecule has 0 aliphatic carbocycles. The van der Waals surface area contributed by atoms with E-state index in [1.165, 1.54) is 10.8 Å². The number of likely N-dealkylation sites (tertiary alicyclic amines) is 1. The van der Waals surface area contributed by atoms with Crippen LogP contribution in [0.1, 0.15) is 34.9 Å². The van der Waals surface area contributed by atoms with Crippen LogP contribution in [-0.4, -0.2) is 54.4 Å². The van der Waals surface area contributed by atoms with Gasteiger partial charge in [0.05, 0.1) is 29.5 Å². The Morgan fingerprint density at radius 1 is 1.19 bits per heavy atom. The lowest BCUT2D eigenvalue weighted by Gasteiger charge is -2.39. The van der Waals surface area contributed by atoms with Crippen LogP contribution in [0, 0.1) is 0 Å². The second-order valence-electron chi connectivity index (χ2n) is 6.40. The number of hydrogen-bond acceptors (Lipinski definition) is 5. The average Bonchev–Trinajstić information content (AvgIpc) is 3.25. The third-order valence-electron chi connectivity index (χ3n) is 4.89. The lowest BCUT2D eigenvalue weighted by atomic mass is 9.93. The first-order chi connectivity index (χ1) is 12.6. The number of piperidine rings is 1. The van der Waals surface area contributed by atoms with Gasteiger partial charge in [0, 0.05) is 32.9 Å². The smallest absolute Gasteiger partial charge is 0.255 e. The largest absolute Gasteiger partial charge is 0.347 e. The number of amides is 2. The highest BCUT2D eigenvalue weighted by Crippen LogP contribution is 2.30. The molecule has 4 heterocycles. The molecule has 0 aromatic carbocycles. The predicted molar refractivity (Wildman–Crippen MR) is 92.2 cm³/mol. The topological polar surface area (TPSA) is 97.4 Å². The van der Waals surface area contributed by atoms with Gasteiger partial charge in [0.2, 0.25) is 5.91 Å². The molecule has 1 saturated heterocycles. The Bertz CT molecular complexity index is 976. The van der Waals surface area contributed by atoms with Crippen molar-refractivity contribution in [3.8, 4) is 0 Å². The first kappa shape index (κ1) is 16.2. The number of rotatable bonds is 3. The Hall–Kier alpha value is -3.23. The third-order valence-corrected chi connectivity index (χ3v) is 4.89. The van der Waals surface area contributed by atoms with E-state index in [2.05, 4.69) is 20.6 Å². The summed E-state index contributed by atoms with van der Waals surface area (Å²) in [7, 11) is 3.59. The average molecular weight is 353 g/mol. The molecule has 0 bridgehead atoms. The summed E-state index contributed by atoms with van der Waals surface area (Å²) in [5, 5.41) is 15.5. The van der Waals surface area contributed by atoms with Gasteiger partial charge in [0.25, 0.3) is 5.91 Å². The molecule has 26 heavy (non-hydrogen) atoms. The quantitative estimate of drug-likeness (QED) is 0.742. The summed E-state index contributed by atoms with van der Waals surface area (Å²) in [5.74, 6) is -0.171. The van der Waals surface area contributed by atoms with Crippen molar-refractivity contribution < 1.29 is 9.59 Å². The van der Waals surface area contributed by atoms with Gasteiger partial charge < -0.3 is 10.2 Å². The number of aryl methyl sites for hydroxylation is 1. The summed E-state index contributed by atoms with van der Waals surface area (Å²) in [6.07, 6.45) is 5.78. The fraction of sp³-hybridized carbons (Fsp3) is 0.353. The summed E-state index contributed by atoms with van der Waals surface area (Å²) in [5.41, 5.74) is 1.98. The predicted octanol–water partition coefficient (Wildman–Crippen LogP) is 0.555. The number of hydrogen-bond donors (Lipinski definition) is 1. The van der Waals surface area contributed by atoms with Crippen LogP contribution in [0.2, 0.25) is 0 Å². The van der Waals surface area contributed by atoms with Crippen molar-refractivity contribution in [3.63, 3.8) is 0 Å². The number of nitrogens with one attached hydrogen (secondary N) is 1. The van der Waals surface area contributed by atoms with E-state index in [1.54, 1.807) is 41.2 Å². The van der Waals surface area contributed by atoms with E-state index >= 15 is 0 Å². The fourth-order valence-corrected chi connectivity index (χ4v) is 3.52. The summed E-state index contributed by atoms with van der Waals surface area (Å²) in [6, 6.07) is 4.95. The van der Waals surface area contributed by atoms with Crippen molar-refractivity contribution in [2.24, 2.45) is 7.05 Å². The van der Waals surface area contributed by atoms with Gasteiger partial charge in [0.15, 0.2) is 0 Å². The van der Waals surface area contributed by atoms with Crippen molar-refractivity contribution in [1.29, 1.82) is 0 Å². The van der Waals surface area contributed by atoms with Crippen LogP contribution < -0.4 is 5.32 Å². The number of likely N-dealkylation sites (N-methyl/N-ethyl adjacent to an activating group) is 1. The lowest BCUT2D eigenvalue weighted by molar-refractivity contribution is -0.136. The molecule has 3 aromatic rings. The molecule has 3 aromatic heterocycles. The van der Waals surface area contributed by atoms with Crippen LogP contribution in [0.3, 0.4) is 0 Å². The zero-order valence-corrected chi connectivity index (χ0v) is 14.5. The van der Waals surface area contributed by atoms with Crippen molar-refractivity contribution in [1.82, 2.24) is 34.8 Å². The summed E-state index contributed by atoms with van der Waals surface area (Å²) >= 11 is 0. The number of aromatic nitrogens is 5. The van der Waals surface area contributed by atoms with E-state index in [9.17, 15) is 9.59 Å². The SMILES string of the molecule is CN1C(=O)CC[C@@H](NC(=O)c2cnn3ncccc23)[C@@H]1c1ccnn1C. The second-order valence-corrected chi connectivity index (χ2v) is 6.40. The van der Waals surface area contributed by atoms with Gasteiger partial charge in [-0.3, -0.25) is 14.3 Å². The molecule has 1 aliphatic rings. The van der Waals surface area contributed by atoms with Gasteiger partial charge >= 0.3 is 0 Å². The van der Waals surface area contributed by atoms with Crippen LogP contribution in [-0.2, 0) is 11.8 Å². The molecule has 4 rings (SSSR count). The standard InChI is InChI=1S/C17H19N7O2/c1-22-15(25)6-5-12(16(22)14-7-9-18-23(14)2)21-17(26)11-10-20-24-13(11)4-3-8-19-24/h3-4,7-10,12,16H,5-6H2,1-2H3,(H,21,26)/t12-,16-/m1/s1. The third kappa shape index (κ3) is 2.61. The minimum atomic E-state index is -0.271. The molecule has 1 fully saturated rings. The summed E-state index contributed by atoms with van der Waals surface area (Å²) < 4.78 is 3.15. The van der Waals surface area contributed by atoms with E-state index in [0.717, 1.165) is 5.69 Å². The van der Waals surface area contributed by atoms with E-state index < -0.39 is 0 Å². The van der Waals surface area contributed by atoms with Crippen molar-refractivity contribution in [2.45, 2.75) is 24.9 Å². The number of nitrogens with zero attached hydrogens (tertiary/aromatic N) is 6. The maximum atomic E-state index is 12.9. The first-order valence-corrected chi connectivity index (χ1v) is 8.39. The van der Waals surface area contributed by atoms with Crippen LogP contribution >= 0.6 is 0 Å². The molecule has 134 valence electrons. The van der Waals surface area contributed by atoms with Gasteiger partial charge in [-0.05, 0) is 24.6 Å². The van der Waals surface area contributed by atoms with Gasteiger partial charge in [-0.1, -0.05) is 0 Å². The zero-order chi connectivity index (χ0) is 18.3. The van der Waals surface area contributed by atoms with E-state index in [4.69, 9.17) is 0 Å². The molecular formula is C17H19N7O2. The van der Waals surface area contributed by atoms with Gasteiger partial charge in [-0.25, -0.2) is 0 Å². The normalized spacial score (nSPS) is 20.5. The molecule has 9 nitrogen and oxygen atoms in total. The molecule has 2 amide bonds. The fourth-order valence-electron chi connectivity index (χ4n) is 3.52. The lowest BCUT2D eigenvalue weighted by Crippen LogP contribution is -2.51. The molecule has 1 N–H and O–H groups in total. The summed E-state index contributed by atoms with van der Waals surface area (Å²) in [6.45, 7) is 0. The second kappa shape index (κ2) is 6.25. The first-order valence-electron chi connectivity index (χ1n) is 8.39. The molecule has 0 unspecified atom stereocenters. The van der Waals surface area contributed by atoms with Crippen LogP contribution in [0.4, 0.5) is 0 Å². The number of carbonyl (C=O) groups is 2. The highest BCUT2D eigenvalue weighted by Gasteiger charge is 2.37. The maximum Gasteiger partial charge on any atom is 0.255 e. The van der Waals surface area contributed by atoms with Crippen LogP contribution in [0.5, 0.6) is 0 Å². The minimum Gasteiger partial charge on any atom is -0.347 e. The van der Waals surface area contributed by atoms with E-state index in [1.807, 2.05) is 13.1 Å². The monoisotopic (exact) mass is 353 g/mol. The highest BCUT2D eigenvalue weighted by atomic mass is 16.2. The Balaban J connectivity index is 1.64. The van der Waals surface area contributed by atoms with Gasteiger partial charge in [0.1, 0.15) is 5.52 Å². The van der Waals surface area contributed by atoms with Gasteiger partial charge in [-0.15, -0.1) is 0 Å². The molecule has 0 spiro atoms.